The number of aryl methyl sites for hydroxylation is 1. The van der Waals surface area contributed by atoms with Crippen molar-refractivity contribution in [3.8, 4) is 17.5 Å². The molecule has 3 heterocycles. The minimum absolute atomic E-state index is 0.0398. The highest BCUT2D eigenvalue weighted by Crippen LogP contribution is 2.42. The summed E-state index contributed by atoms with van der Waals surface area (Å²) in [7, 11) is 0. The molecule has 2 aliphatic heterocycles. The number of rotatable bonds is 3. The highest BCUT2D eigenvalue weighted by molar-refractivity contribution is 5.43. The van der Waals surface area contributed by atoms with Crippen LogP contribution in [0.5, 0.6) is 17.5 Å². The first-order valence-corrected chi connectivity index (χ1v) is 9.81. The third-order valence-corrected chi connectivity index (χ3v) is 6.26. The summed E-state index contributed by atoms with van der Waals surface area (Å²) in [6.45, 7) is 2.37. The van der Waals surface area contributed by atoms with Crippen molar-refractivity contribution in [3.63, 3.8) is 0 Å². The van der Waals surface area contributed by atoms with Crippen LogP contribution in [0.25, 0.3) is 0 Å². The molecule has 2 aromatic rings. The van der Waals surface area contributed by atoms with Crippen molar-refractivity contribution < 1.29 is 9.47 Å². The van der Waals surface area contributed by atoms with Gasteiger partial charge in [-0.3, -0.25) is 0 Å². The Labute approximate surface area is 154 Å². The molecule has 5 heteroatoms. The molecule has 0 unspecified atom stereocenters. The van der Waals surface area contributed by atoms with Crippen LogP contribution in [-0.2, 0) is 6.42 Å². The maximum absolute atomic E-state index is 6.53. The molecule has 2 fully saturated rings. The van der Waals surface area contributed by atoms with Crippen molar-refractivity contribution >= 4 is 0 Å². The average molecular weight is 351 g/mol. The quantitative estimate of drug-likeness (QED) is 0.837. The molecule has 1 saturated heterocycles. The van der Waals surface area contributed by atoms with Gasteiger partial charge in [-0.1, -0.05) is 6.42 Å². The summed E-state index contributed by atoms with van der Waals surface area (Å²) in [5.74, 6) is 1.80. The largest absolute Gasteiger partial charge is 0.487 e. The van der Waals surface area contributed by atoms with Crippen LogP contribution in [-0.4, -0.2) is 39.6 Å². The van der Waals surface area contributed by atoms with E-state index in [2.05, 4.69) is 20.9 Å². The molecule has 1 aromatic carbocycles. The Morgan fingerprint density at radius 1 is 1.08 bits per heavy atom. The van der Waals surface area contributed by atoms with E-state index in [1.165, 1.54) is 37.9 Å². The fourth-order valence-corrected chi connectivity index (χ4v) is 4.41. The molecule has 3 aliphatic rings. The van der Waals surface area contributed by atoms with E-state index < -0.39 is 0 Å². The van der Waals surface area contributed by atoms with E-state index in [0.717, 1.165) is 43.2 Å². The molecule has 26 heavy (non-hydrogen) atoms. The monoisotopic (exact) mass is 351 g/mol. The van der Waals surface area contributed by atoms with Crippen LogP contribution in [0.1, 0.15) is 44.1 Å². The number of likely N-dealkylation sites (tertiary alicyclic amines) is 1. The summed E-state index contributed by atoms with van der Waals surface area (Å²) in [5, 5.41) is 0. The SMILES string of the molecule is c1cnc(Oc2ccc3c(c2)CCC2(CCN(C4CCC4)CC2)O3)nc1. The molecular weight excluding hydrogens is 326 g/mol. The standard InChI is InChI=1S/C21H25N3O2/c1-3-17(4-1)24-13-9-21(10-14-24)8-7-16-15-18(5-6-19(16)26-21)25-20-22-11-2-12-23-20/h2,5-6,11-12,15,17H,1,3-4,7-10,13-14H2. The van der Waals surface area contributed by atoms with Crippen LogP contribution >= 0.6 is 0 Å². The van der Waals surface area contributed by atoms with Crippen molar-refractivity contribution in [2.45, 2.75) is 56.6 Å². The van der Waals surface area contributed by atoms with Gasteiger partial charge in [-0.15, -0.1) is 0 Å². The molecule has 1 aliphatic carbocycles. The number of ether oxygens (including phenoxy) is 2. The van der Waals surface area contributed by atoms with Crippen LogP contribution in [0.3, 0.4) is 0 Å². The van der Waals surface area contributed by atoms with Crippen molar-refractivity contribution in [3.05, 3.63) is 42.2 Å². The molecule has 1 aromatic heterocycles. The number of hydrogen-bond donors (Lipinski definition) is 0. The van der Waals surface area contributed by atoms with E-state index >= 15 is 0 Å². The zero-order chi connectivity index (χ0) is 17.4. The number of nitrogens with zero attached hydrogens (tertiary/aromatic N) is 3. The lowest BCUT2D eigenvalue weighted by atomic mass is 9.81. The Hall–Kier alpha value is -2.14. The summed E-state index contributed by atoms with van der Waals surface area (Å²) in [4.78, 5) is 10.9. The molecular formula is C21H25N3O2. The fraction of sp³-hybridized carbons (Fsp3) is 0.524. The fourth-order valence-electron chi connectivity index (χ4n) is 4.41. The Morgan fingerprint density at radius 3 is 2.62 bits per heavy atom. The highest BCUT2D eigenvalue weighted by Gasteiger charge is 2.41. The third kappa shape index (κ3) is 3.05. The predicted molar refractivity (Wildman–Crippen MR) is 98.7 cm³/mol. The maximum atomic E-state index is 6.53. The Kier molecular flexibility index (Phi) is 4.04. The minimum atomic E-state index is 0.0398. The summed E-state index contributed by atoms with van der Waals surface area (Å²) in [6, 6.07) is 9.09. The number of fused-ring (bicyclic) bond motifs is 1. The number of benzene rings is 1. The number of piperidine rings is 1. The lowest BCUT2D eigenvalue weighted by Gasteiger charge is -2.48. The molecule has 0 N–H and O–H groups in total. The molecule has 0 amide bonds. The van der Waals surface area contributed by atoms with Gasteiger partial charge < -0.3 is 14.4 Å². The predicted octanol–water partition coefficient (Wildman–Crippen LogP) is 3.98. The molecule has 5 rings (SSSR count). The van der Waals surface area contributed by atoms with E-state index in [0.29, 0.717) is 6.01 Å². The molecule has 0 bridgehead atoms. The Bertz CT molecular complexity index is 768. The van der Waals surface area contributed by atoms with Crippen molar-refractivity contribution in [1.29, 1.82) is 0 Å². The third-order valence-electron chi connectivity index (χ3n) is 6.26. The second-order valence-electron chi connectivity index (χ2n) is 7.81. The van der Waals surface area contributed by atoms with E-state index in [9.17, 15) is 0 Å². The van der Waals surface area contributed by atoms with Crippen LogP contribution in [0.2, 0.25) is 0 Å². The molecule has 5 nitrogen and oxygen atoms in total. The van der Waals surface area contributed by atoms with Crippen molar-refractivity contribution in [2.75, 3.05) is 13.1 Å². The molecule has 136 valence electrons. The first-order valence-electron chi connectivity index (χ1n) is 9.81. The zero-order valence-electron chi connectivity index (χ0n) is 15.1. The van der Waals surface area contributed by atoms with Crippen molar-refractivity contribution in [1.82, 2.24) is 14.9 Å². The van der Waals surface area contributed by atoms with Gasteiger partial charge in [0.2, 0.25) is 0 Å². The second-order valence-corrected chi connectivity index (χ2v) is 7.81. The van der Waals surface area contributed by atoms with Gasteiger partial charge in [0.15, 0.2) is 0 Å². The first kappa shape index (κ1) is 16.1. The van der Waals surface area contributed by atoms with Crippen molar-refractivity contribution in [2.24, 2.45) is 0 Å². The summed E-state index contributed by atoms with van der Waals surface area (Å²) >= 11 is 0. The van der Waals surface area contributed by atoms with Gasteiger partial charge in [0.25, 0.3) is 0 Å². The Morgan fingerprint density at radius 2 is 1.88 bits per heavy atom. The van der Waals surface area contributed by atoms with Crippen LogP contribution in [0.4, 0.5) is 0 Å². The van der Waals surface area contributed by atoms with E-state index in [4.69, 9.17) is 9.47 Å². The smallest absolute Gasteiger partial charge is 0.321 e. The molecule has 0 radical (unpaired) electrons. The molecule has 1 spiro atoms. The van der Waals surface area contributed by atoms with Crippen LogP contribution < -0.4 is 9.47 Å². The van der Waals surface area contributed by atoms with Gasteiger partial charge in [-0.2, -0.15) is 0 Å². The molecule has 1 saturated carbocycles. The summed E-state index contributed by atoms with van der Waals surface area (Å²) < 4.78 is 12.3. The van der Waals surface area contributed by atoms with E-state index in [1.54, 1.807) is 18.5 Å². The van der Waals surface area contributed by atoms with Gasteiger partial charge in [0, 0.05) is 31.5 Å². The van der Waals surface area contributed by atoms with Gasteiger partial charge in [-0.05, 0) is 68.4 Å². The first-order chi connectivity index (χ1) is 12.8. The molecule has 0 atom stereocenters. The van der Waals surface area contributed by atoms with Gasteiger partial charge >= 0.3 is 6.01 Å². The van der Waals surface area contributed by atoms with Gasteiger partial charge in [-0.25, -0.2) is 9.97 Å². The van der Waals surface area contributed by atoms with Gasteiger partial charge in [0.1, 0.15) is 17.1 Å². The second kappa shape index (κ2) is 6.54. The number of hydrogen-bond acceptors (Lipinski definition) is 5. The lowest BCUT2D eigenvalue weighted by Crippen LogP contribution is -2.53. The highest BCUT2D eigenvalue weighted by atomic mass is 16.5. The van der Waals surface area contributed by atoms with E-state index in [-0.39, 0.29) is 5.60 Å². The Balaban J connectivity index is 1.26. The lowest BCUT2D eigenvalue weighted by molar-refractivity contribution is -0.0337. The van der Waals surface area contributed by atoms with Crippen LogP contribution in [0.15, 0.2) is 36.7 Å². The summed E-state index contributed by atoms with van der Waals surface area (Å²) in [6.07, 6.45) is 12.0. The zero-order valence-corrected chi connectivity index (χ0v) is 15.1. The average Bonchev–Trinajstić information content (AvgIpc) is 2.63. The normalized spacial score (nSPS) is 22.3. The van der Waals surface area contributed by atoms with Gasteiger partial charge in [0.05, 0.1) is 0 Å². The topological polar surface area (TPSA) is 47.5 Å². The maximum Gasteiger partial charge on any atom is 0.321 e. The van der Waals surface area contributed by atoms with E-state index in [1.807, 2.05) is 12.1 Å². The minimum Gasteiger partial charge on any atom is -0.487 e. The van der Waals surface area contributed by atoms with Crippen LogP contribution in [0, 0.1) is 0 Å². The summed E-state index contributed by atoms with van der Waals surface area (Å²) in [5.41, 5.74) is 1.27. The number of aromatic nitrogens is 2.